The van der Waals surface area contributed by atoms with Crippen molar-refractivity contribution in [1.29, 1.82) is 0 Å². The van der Waals surface area contributed by atoms with Gasteiger partial charge in [0.2, 0.25) is 0 Å². The molecule has 19 heavy (non-hydrogen) atoms. The van der Waals surface area contributed by atoms with Crippen LogP contribution in [0.1, 0.15) is 13.3 Å². The van der Waals surface area contributed by atoms with E-state index in [1.165, 1.54) is 0 Å². The highest BCUT2D eigenvalue weighted by Gasteiger charge is 2.24. The Balaban J connectivity index is 1.79. The highest BCUT2D eigenvalue weighted by atomic mass is 35.5. The molecule has 1 aliphatic heterocycles. The zero-order valence-corrected chi connectivity index (χ0v) is 11.5. The molecule has 0 aliphatic carbocycles. The molecule has 2 N–H and O–H groups in total. The number of ether oxygens (including phenoxy) is 1. The standard InChI is InChI=1S/C14H17ClN2O2/c1-2-19-14(18)13-7-10(9-17-13)8-16-12-5-3-11(15)4-6-12/h3-6,9,13,16-17H,2,7-8H2,1H3. The summed E-state index contributed by atoms with van der Waals surface area (Å²) >= 11 is 5.82. The lowest BCUT2D eigenvalue weighted by Crippen LogP contribution is -2.31. The van der Waals surface area contributed by atoms with Crippen LogP contribution in [0.3, 0.4) is 0 Å². The van der Waals surface area contributed by atoms with Gasteiger partial charge in [0, 0.05) is 23.7 Å². The van der Waals surface area contributed by atoms with Crippen LogP contribution in [-0.2, 0) is 9.53 Å². The van der Waals surface area contributed by atoms with E-state index >= 15 is 0 Å². The average Bonchev–Trinajstić information content (AvgIpc) is 2.87. The second-order valence-corrected chi connectivity index (χ2v) is 4.77. The summed E-state index contributed by atoms with van der Waals surface area (Å²) in [4.78, 5) is 11.5. The molecular weight excluding hydrogens is 264 g/mol. The number of rotatable bonds is 5. The summed E-state index contributed by atoms with van der Waals surface area (Å²) in [6.45, 7) is 2.92. The lowest BCUT2D eigenvalue weighted by Gasteiger charge is -2.10. The summed E-state index contributed by atoms with van der Waals surface area (Å²) in [5.74, 6) is -0.194. The molecule has 1 heterocycles. The first kappa shape index (κ1) is 13.7. The molecule has 1 aromatic rings. The molecule has 1 aliphatic rings. The lowest BCUT2D eigenvalue weighted by atomic mass is 10.1. The molecule has 4 nitrogen and oxygen atoms in total. The second-order valence-electron chi connectivity index (χ2n) is 4.34. The normalized spacial score (nSPS) is 17.6. The van der Waals surface area contributed by atoms with Gasteiger partial charge in [0.15, 0.2) is 0 Å². The molecule has 1 atom stereocenters. The average molecular weight is 281 g/mol. The van der Waals surface area contributed by atoms with Crippen molar-refractivity contribution >= 4 is 23.3 Å². The Hall–Kier alpha value is -1.68. The summed E-state index contributed by atoms with van der Waals surface area (Å²) in [5.41, 5.74) is 2.15. The van der Waals surface area contributed by atoms with Crippen molar-refractivity contribution < 1.29 is 9.53 Å². The third-order valence-corrected chi connectivity index (χ3v) is 3.14. The van der Waals surface area contributed by atoms with Gasteiger partial charge in [0.05, 0.1) is 6.61 Å². The van der Waals surface area contributed by atoms with E-state index in [0.29, 0.717) is 19.6 Å². The Labute approximate surface area is 117 Å². The van der Waals surface area contributed by atoms with Gasteiger partial charge in [-0.3, -0.25) is 0 Å². The van der Waals surface area contributed by atoms with Gasteiger partial charge in [-0.25, -0.2) is 4.79 Å². The molecular formula is C14H17ClN2O2. The molecule has 5 heteroatoms. The van der Waals surface area contributed by atoms with Crippen molar-refractivity contribution in [3.63, 3.8) is 0 Å². The van der Waals surface area contributed by atoms with E-state index in [-0.39, 0.29) is 12.0 Å². The van der Waals surface area contributed by atoms with Gasteiger partial charge in [-0.1, -0.05) is 11.6 Å². The van der Waals surface area contributed by atoms with Gasteiger partial charge in [-0.05, 0) is 43.0 Å². The molecule has 1 unspecified atom stereocenters. The van der Waals surface area contributed by atoms with Crippen molar-refractivity contribution in [2.45, 2.75) is 19.4 Å². The monoisotopic (exact) mass is 280 g/mol. The van der Waals surface area contributed by atoms with Crippen LogP contribution < -0.4 is 10.6 Å². The van der Waals surface area contributed by atoms with Crippen LogP contribution in [0.4, 0.5) is 5.69 Å². The van der Waals surface area contributed by atoms with Crippen LogP contribution >= 0.6 is 11.6 Å². The van der Waals surface area contributed by atoms with Crippen molar-refractivity contribution in [1.82, 2.24) is 5.32 Å². The predicted octanol–water partition coefficient (Wildman–Crippen LogP) is 2.56. The minimum absolute atomic E-state index is 0.194. The van der Waals surface area contributed by atoms with E-state index in [9.17, 15) is 4.79 Å². The minimum atomic E-state index is -0.248. The summed E-state index contributed by atoms with van der Waals surface area (Å²) in [5, 5.41) is 7.04. The van der Waals surface area contributed by atoms with Crippen molar-refractivity contribution in [2.24, 2.45) is 0 Å². The molecule has 0 aromatic heterocycles. The van der Waals surface area contributed by atoms with Gasteiger partial charge in [0.25, 0.3) is 0 Å². The predicted molar refractivity (Wildman–Crippen MR) is 76.2 cm³/mol. The molecule has 2 rings (SSSR count). The molecule has 0 amide bonds. The summed E-state index contributed by atoms with van der Waals surface area (Å²) in [7, 11) is 0. The molecule has 0 spiro atoms. The number of hydrogen-bond donors (Lipinski definition) is 2. The Morgan fingerprint density at radius 2 is 2.21 bits per heavy atom. The fourth-order valence-electron chi connectivity index (χ4n) is 1.90. The lowest BCUT2D eigenvalue weighted by molar-refractivity contribution is -0.145. The van der Waals surface area contributed by atoms with Crippen LogP contribution in [-0.4, -0.2) is 25.2 Å². The van der Waals surface area contributed by atoms with Crippen LogP contribution in [0.2, 0.25) is 5.02 Å². The smallest absolute Gasteiger partial charge is 0.328 e. The highest BCUT2D eigenvalue weighted by Crippen LogP contribution is 2.17. The molecule has 0 saturated heterocycles. The van der Waals surface area contributed by atoms with E-state index in [0.717, 1.165) is 16.3 Å². The van der Waals surface area contributed by atoms with Crippen molar-refractivity contribution in [3.05, 3.63) is 41.1 Å². The number of nitrogens with one attached hydrogen (secondary N) is 2. The van der Waals surface area contributed by atoms with Crippen molar-refractivity contribution in [3.8, 4) is 0 Å². The zero-order valence-electron chi connectivity index (χ0n) is 10.8. The van der Waals surface area contributed by atoms with Crippen LogP contribution in [0.15, 0.2) is 36.0 Å². The first-order valence-electron chi connectivity index (χ1n) is 6.29. The Kier molecular flexibility index (Phi) is 4.68. The largest absolute Gasteiger partial charge is 0.464 e. The number of halogens is 1. The third kappa shape index (κ3) is 3.89. The molecule has 0 saturated carbocycles. The van der Waals surface area contributed by atoms with E-state index in [4.69, 9.17) is 16.3 Å². The molecule has 1 aromatic carbocycles. The molecule has 102 valence electrons. The van der Waals surface area contributed by atoms with E-state index in [1.807, 2.05) is 37.4 Å². The van der Waals surface area contributed by atoms with Gasteiger partial charge in [-0.2, -0.15) is 0 Å². The second kappa shape index (κ2) is 6.48. The quantitative estimate of drug-likeness (QED) is 0.814. The minimum Gasteiger partial charge on any atom is -0.464 e. The van der Waals surface area contributed by atoms with Gasteiger partial charge < -0.3 is 15.4 Å². The van der Waals surface area contributed by atoms with Gasteiger partial charge in [-0.15, -0.1) is 0 Å². The molecule has 0 fully saturated rings. The van der Waals surface area contributed by atoms with Gasteiger partial charge >= 0.3 is 5.97 Å². The SMILES string of the molecule is CCOC(=O)C1CC(CNc2ccc(Cl)cc2)=CN1. The summed E-state index contributed by atoms with van der Waals surface area (Å²) in [6.07, 6.45) is 2.56. The fourth-order valence-corrected chi connectivity index (χ4v) is 2.03. The van der Waals surface area contributed by atoms with E-state index in [1.54, 1.807) is 0 Å². The van der Waals surface area contributed by atoms with Gasteiger partial charge in [0.1, 0.15) is 6.04 Å². The highest BCUT2D eigenvalue weighted by molar-refractivity contribution is 6.30. The fraction of sp³-hybridized carbons (Fsp3) is 0.357. The topological polar surface area (TPSA) is 50.4 Å². The number of carbonyl (C=O) groups is 1. The van der Waals surface area contributed by atoms with E-state index < -0.39 is 0 Å². The Bertz CT molecular complexity index is 471. The first-order chi connectivity index (χ1) is 9.19. The first-order valence-corrected chi connectivity index (χ1v) is 6.67. The van der Waals surface area contributed by atoms with Crippen LogP contribution in [0, 0.1) is 0 Å². The number of esters is 1. The van der Waals surface area contributed by atoms with E-state index in [2.05, 4.69) is 10.6 Å². The van der Waals surface area contributed by atoms with Crippen molar-refractivity contribution in [2.75, 3.05) is 18.5 Å². The maximum atomic E-state index is 11.5. The zero-order chi connectivity index (χ0) is 13.7. The van der Waals surface area contributed by atoms with Crippen LogP contribution in [0.5, 0.6) is 0 Å². The van der Waals surface area contributed by atoms with Crippen LogP contribution in [0.25, 0.3) is 0 Å². The Morgan fingerprint density at radius 1 is 1.47 bits per heavy atom. The third-order valence-electron chi connectivity index (χ3n) is 2.89. The summed E-state index contributed by atoms with van der Waals surface area (Å²) in [6, 6.07) is 7.28. The molecule has 0 radical (unpaired) electrons. The number of benzene rings is 1. The number of hydrogen-bond acceptors (Lipinski definition) is 4. The molecule has 0 bridgehead atoms. The maximum Gasteiger partial charge on any atom is 0.328 e. The Morgan fingerprint density at radius 3 is 2.89 bits per heavy atom. The number of carbonyl (C=O) groups excluding carboxylic acids is 1. The summed E-state index contributed by atoms with van der Waals surface area (Å²) < 4.78 is 4.98. The number of anilines is 1. The maximum absolute atomic E-state index is 11.5.